The van der Waals surface area contributed by atoms with Crippen molar-refractivity contribution in [3.63, 3.8) is 0 Å². The molecule has 1 rings (SSSR count). The second-order valence-electron chi connectivity index (χ2n) is 4.48. The van der Waals surface area contributed by atoms with Gasteiger partial charge in [0.2, 0.25) is 0 Å². The Hall–Kier alpha value is -1.38. The van der Waals surface area contributed by atoms with Crippen LogP contribution in [0.25, 0.3) is 0 Å². The minimum absolute atomic E-state index is 0.0600. The van der Waals surface area contributed by atoms with E-state index in [-0.39, 0.29) is 5.41 Å². The molecule has 0 fully saturated rings. The maximum atomic E-state index is 11.0. The highest BCUT2D eigenvalue weighted by molar-refractivity contribution is 5.90. The largest absolute Gasteiger partial charge is 0.364 e. The number of pyridine rings is 1. The predicted octanol–water partition coefficient (Wildman–Crippen LogP) is 1.79. The van der Waals surface area contributed by atoms with E-state index < -0.39 is 5.91 Å². The van der Waals surface area contributed by atoms with Crippen LogP contribution >= 0.6 is 0 Å². The molecule has 0 spiro atoms. The highest BCUT2D eigenvalue weighted by atomic mass is 16.1. The number of amides is 1. The van der Waals surface area contributed by atoms with Crippen molar-refractivity contribution < 1.29 is 4.79 Å². The second-order valence-corrected chi connectivity index (χ2v) is 4.48. The summed E-state index contributed by atoms with van der Waals surface area (Å²) in [4.78, 5) is 15.2. The Morgan fingerprint density at radius 2 is 1.93 bits per heavy atom. The third-order valence-electron chi connectivity index (χ3n) is 2.06. The maximum Gasteiger partial charge on any atom is 0.267 e. The fraction of sp³-hybridized carbons (Fsp3) is 0.455. The van der Waals surface area contributed by atoms with E-state index in [4.69, 9.17) is 5.73 Å². The summed E-state index contributed by atoms with van der Waals surface area (Å²) in [5.41, 5.74) is 7.46. The van der Waals surface area contributed by atoms with Gasteiger partial charge in [-0.1, -0.05) is 26.8 Å². The lowest BCUT2D eigenvalue weighted by Crippen LogP contribution is -2.20. The minimum Gasteiger partial charge on any atom is -0.364 e. The molecule has 0 saturated carbocycles. The summed E-state index contributed by atoms with van der Waals surface area (Å²) in [6.45, 7) is 8.17. The standard InChI is InChI=1S/C11H16N2O/c1-7-5-6-8(10(12)14)13-9(7)11(2,3)4/h5-6H,1-4H3,(H2,12,14). The number of hydrogen-bond donors (Lipinski definition) is 1. The minimum atomic E-state index is -0.476. The van der Waals surface area contributed by atoms with Gasteiger partial charge < -0.3 is 5.73 Å². The number of aryl methyl sites for hydroxylation is 1. The summed E-state index contributed by atoms with van der Waals surface area (Å²) in [5.74, 6) is -0.476. The average molecular weight is 192 g/mol. The molecule has 3 heteroatoms. The summed E-state index contributed by atoms with van der Waals surface area (Å²) in [6, 6.07) is 3.54. The van der Waals surface area contributed by atoms with Gasteiger partial charge in [-0.3, -0.25) is 4.79 Å². The Balaban J connectivity index is 3.29. The maximum absolute atomic E-state index is 11.0. The van der Waals surface area contributed by atoms with Crippen LogP contribution in [0.1, 0.15) is 42.5 Å². The van der Waals surface area contributed by atoms with Gasteiger partial charge in [0.05, 0.1) is 0 Å². The Morgan fingerprint density at radius 3 is 2.36 bits per heavy atom. The van der Waals surface area contributed by atoms with Crippen LogP contribution in [0, 0.1) is 6.92 Å². The van der Waals surface area contributed by atoms with Crippen LogP contribution in [0.2, 0.25) is 0 Å². The number of aromatic nitrogens is 1. The van der Waals surface area contributed by atoms with Crippen molar-refractivity contribution in [2.45, 2.75) is 33.1 Å². The lowest BCUT2D eigenvalue weighted by molar-refractivity contribution is 0.0995. The fourth-order valence-corrected chi connectivity index (χ4v) is 1.43. The van der Waals surface area contributed by atoms with Gasteiger partial charge in [-0.2, -0.15) is 0 Å². The summed E-state index contributed by atoms with van der Waals surface area (Å²) in [6.07, 6.45) is 0. The summed E-state index contributed by atoms with van der Waals surface area (Å²) in [7, 11) is 0. The number of carbonyl (C=O) groups excluding carboxylic acids is 1. The van der Waals surface area contributed by atoms with E-state index in [1.54, 1.807) is 6.07 Å². The van der Waals surface area contributed by atoms with E-state index in [9.17, 15) is 4.79 Å². The van der Waals surface area contributed by atoms with Crippen LogP contribution in [0.4, 0.5) is 0 Å². The number of nitrogens with two attached hydrogens (primary N) is 1. The molecule has 0 unspecified atom stereocenters. The average Bonchev–Trinajstić information content (AvgIpc) is 2.02. The molecule has 14 heavy (non-hydrogen) atoms. The highest BCUT2D eigenvalue weighted by Gasteiger charge is 2.19. The van der Waals surface area contributed by atoms with Gasteiger partial charge in [0.15, 0.2) is 0 Å². The molecule has 0 aliphatic heterocycles. The zero-order valence-corrected chi connectivity index (χ0v) is 9.09. The SMILES string of the molecule is Cc1ccc(C(N)=O)nc1C(C)(C)C. The van der Waals surface area contributed by atoms with Gasteiger partial charge in [0, 0.05) is 11.1 Å². The van der Waals surface area contributed by atoms with E-state index in [2.05, 4.69) is 25.8 Å². The lowest BCUT2D eigenvalue weighted by atomic mass is 9.88. The van der Waals surface area contributed by atoms with E-state index in [0.29, 0.717) is 5.69 Å². The van der Waals surface area contributed by atoms with Crippen molar-refractivity contribution in [1.29, 1.82) is 0 Å². The molecule has 0 bridgehead atoms. The molecule has 0 aliphatic rings. The second kappa shape index (κ2) is 3.40. The summed E-state index contributed by atoms with van der Waals surface area (Å²) < 4.78 is 0. The molecule has 1 heterocycles. The number of hydrogen-bond acceptors (Lipinski definition) is 2. The van der Waals surface area contributed by atoms with Crippen molar-refractivity contribution in [3.8, 4) is 0 Å². The van der Waals surface area contributed by atoms with Crippen LogP contribution in [-0.2, 0) is 5.41 Å². The molecule has 1 amide bonds. The zero-order chi connectivity index (χ0) is 10.9. The molecule has 2 N–H and O–H groups in total. The van der Waals surface area contributed by atoms with Crippen LogP contribution in [0.15, 0.2) is 12.1 Å². The molecule has 0 atom stereocenters. The number of primary amides is 1. The van der Waals surface area contributed by atoms with Gasteiger partial charge in [0.25, 0.3) is 5.91 Å². The first kappa shape index (κ1) is 10.7. The first-order valence-corrected chi connectivity index (χ1v) is 4.60. The number of rotatable bonds is 1. The Kier molecular flexibility index (Phi) is 2.60. The zero-order valence-electron chi connectivity index (χ0n) is 9.09. The van der Waals surface area contributed by atoms with Gasteiger partial charge >= 0.3 is 0 Å². The number of carbonyl (C=O) groups is 1. The third kappa shape index (κ3) is 2.10. The smallest absolute Gasteiger partial charge is 0.267 e. The molecule has 0 aromatic carbocycles. The Morgan fingerprint density at radius 1 is 1.36 bits per heavy atom. The van der Waals surface area contributed by atoms with Crippen LogP contribution in [0.5, 0.6) is 0 Å². The van der Waals surface area contributed by atoms with E-state index >= 15 is 0 Å². The normalized spacial score (nSPS) is 11.4. The predicted molar refractivity (Wildman–Crippen MR) is 56.2 cm³/mol. The van der Waals surface area contributed by atoms with E-state index in [1.165, 1.54) is 0 Å². The molecular formula is C11H16N2O. The highest BCUT2D eigenvalue weighted by Crippen LogP contribution is 2.23. The fourth-order valence-electron chi connectivity index (χ4n) is 1.43. The monoisotopic (exact) mass is 192 g/mol. The van der Waals surface area contributed by atoms with Gasteiger partial charge in [-0.15, -0.1) is 0 Å². The molecular weight excluding hydrogens is 176 g/mol. The van der Waals surface area contributed by atoms with Crippen LogP contribution < -0.4 is 5.73 Å². The van der Waals surface area contributed by atoms with Crippen molar-refractivity contribution in [1.82, 2.24) is 4.98 Å². The molecule has 76 valence electrons. The first-order chi connectivity index (χ1) is 6.32. The molecule has 0 saturated heterocycles. The Bertz CT molecular complexity index is 364. The van der Waals surface area contributed by atoms with Crippen molar-refractivity contribution in [2.24, 2.45) is 5.73 Å². The lowest BCUT2D eigenvalue weighted by Gasteiger charge is -2.20. The van der Waals surface area contributed by atoms with E-state index in [0.717, 1.165) is 11.3 Å². The van der Waals surface area contributed by atoms with Crippen LogP contribution in [0.3, 0.4) is 0 Å². The molecule has 1 aromatic heterocycles. The molecule has 1 aromatic rings. The van der Waals surface area contributed by atoms with E-state index in [1.807, 2.05) is 13.0 Å². The quantitative estimate of drug-likeness (QED) is 0.737. The molecule has 0 aliphatic carbocycles. The third-order valence-corrected chi connectivity index (χ3v) is 2.06. The van der Waals surface area contributed by atoms with Crippen molar-refractivity contribution >= 4 is 5.91 Å². The summed E-state index contributed by atoms with van der Waals surface area (Å²) in [5, 5.41) is 0. The van der Waals surface area contributed by atoms with Gasteiger partial charge in [-0.05, 0) is 18.6 Å². The first-order valence-electron chi connectivity index (χ1n) is 4.60. The van der Waals surface area contributed by atoms with Crippen molar-refractivity contribution in [2.75, 3.05) is 0 Å². The number of nitrogens with zero attached hydrogens (tertiary/aromatic N) is 1. The Labute approximate surface area is 84.3 Å². The topological polar surface area (TPSA) is 56.0 Å². The van der Waals surface area contributed by atoms with Gasteiger partial charge in [0.1, 0.15) is 5.69 Å². The molecule has 0 radical (unpaired) electrons. The molecule has 3 nitrogen and oxygen atoms in total. The van der Waals surface area contributed by atoms with Crippen molar-refractivity contribution in [3.05, 3.63) is 29.1 Å². The summed E-state index contributed by atoms with van der Waals surface area (Å²) >= 11 is 0. The van der Waals surface area contributed by atoms with Crippen LogP contribution in [-0.4, -0.2) is 10.9 Å². The van der Waals surface area contributed by atoms with Gasteiger partial charge in [-0.25, -0.2) is 4.98 Å².